The van der Waals surface area contributed by atoms with Crippen molar-refractivity contribution < 1.29 is 0 Å². The van der Waals surface area contributed by atoms with Crippen LogP contribution in [0.5, 0.6) is 0 Å². The molecule has 1 unspecified atom stereocenters. The molecule has 3 rings (SSSR count). The fraction of sp³-hybridized carbons (Fsp3) is 0.167. The van der Waals surface area contributed by atoms with Crippen LogP contribution in [0.25, 0.3) is 0 Å². The molecule has 1 N–H and O–H groups in total. The van der Waals surface area contributed by atoms with Crippen molar-refractivity contribution in [2.45, 2.75) is 12.2 Å². The van der Waals surface area contributed by atoms with Gasteiger partial charge in [0, 0.05) is 6.54 Å². The van der Waals surface area contributed by atoms with Crippen molar-refractivity contribution in [3.63, 3.8) is 0 Å². The third-order valence-corrected chi connectivity index (χ3v) is 2.70. The predicted molar refractivity (Wildman–Crippen MR) is 68.9 cm³/mol. The first-order valence-corrected chi connectivity index (χ1v) is 5.37. The SMILES string of the molecule is C1=NC=NC2=NC=NC12NCc1ccccc1. The zero-order valence-corrected chi connectivity index (χ0v) is 9.11. The highest BCUT2D eigenvalue weighted by molar-refractivity contribution is 6.17. The Bertz CT molecular complexity index is 529. The van der Waals surface area contributed by atoms with Gasteiger partial charge in [0.25, 0.3) is 0 Å². The number of hydrogen-bond acceptors (Lipinski definition) is 5. The Morgan fingerprint density at radius 1 is 1.12 bits per heavy atom. The minimum absolute atomic E-state index is 0.642. The molecule has 1 aromatic carbocycles. The van der Waals surface area contributed by atoms with E-state index in [0.717, 1.165) is 0 Å². The average Bonchev–Trinajstić information content (AvgIpc) is 2.82. The maximum atomic E-state index is 4.30. The molecular weight excluding hydrogens is 214 g/mol. The molecule has 2 heterocycles. The summed E-state index contributed by atoms with van der Waals surface area (Å²) in [6, 6.07) is 10.1. The van der Waals surface area contributed by atoms with Gasteiger partial charge in [0.2, 0.25) is 5.66 Å². The zero-order valence-electron chi connectivity index (χ0n) is 9.11. The van der Waals surface area contributed by atoms with Crippen molar-refractivity contribution in [1.82, 2.24) is 5.32 Å². The molecule has 0 bridgehead atoms. The highest BCUT2D eigenvalue weighted by Gasteiger charge is 2.37. The van der Waals surface area contributed by atoms with Crippen LogP contribution in [-0.2, 0) is 6.54 Å². The summed E-state index contributed by atoms with van der Waals surface area (Å²) < 4.78 is 0. The van der Waals surface area contributed by atoms with Gasteiger partial charge in [0.15, 0.2) is 5.84 Å². The van der Waals surface area contributed by atoms with Crippen LogP contribution >= 0.6 is 0 Å². The number of benzene rings is 1. The van der Waals surface area contributed by atoms with E-state index in [0.29, 0.717) is 12.4 Å². The van der Waals surface area contributed by atoms with Gasteiger partial charge < -0.3 is 0 Å². The summed E-state index contributed by atoms with van der Waals surface area (Å²) >= 11 is 0. The van der Waals surface area contributed by atoms with Gasteiger partial charge in [-0.05, 0) is 5.56 Å². The number of fused-ring (bicyclic) bond motifs is 1. The normalized spacial score (nSPS) is 24.8. The Hall–Kier alpha value is -2.14. The molecule has 5 nitrogen and oxygen atoms in total. The molecule has 17 heavy (non-hydrogen) atoms. The number of aliphatic imine (C=N–C) groups is 4. The van der Waals surface area contributed by atoms with E-state index in [-0.39, 0.29) is 0 Å². The average molecular weight is 225 g/mol. The van der Waals surface area contributed by atoms with Crippen LogP contribution in [0.1, 0.15) is 5.56 Å². The van der Waals surface area contributed by atoms with Crippen molar-refractivity contribution in [1.29, 1.82) is 0 Å². The summed E-state index contributed by atoms with van der Waals surface area (Å²) in [5, 5.41) is 3.32. The van der Waals surface area contributed by atoms with Crippen molar-refractivity contribution in [3.05, 3.63) is 35.9 Å². The van der Waals surface area contributed by atoms with Crippen LogP contribution in [0.4, 0.5) is 0 Å². The van der Waals surface area contributed by atoms with Crippen LogP contribution in [0, 0.1) is 0 Å². The molecule has 0 radical (unpaired) electrons. The highest BCUT2D eigenvalue weighted by Crippen LogP contribution is 2.16. The van der Waals surface area contributed by atoms with Crippen molar-refractivity contribution in [2.24, 2.45) is 20.0 Å². The lowest BCUT2D eigenvalue weighted by atomic mass is 10.1. The summed E-state index contributed by atoms with van der Waals surface area (Å²) in [6.07, 6.45) is 4.73. The number of rotatable bonds is 3. The molecule has 0 saturated carbocycles. The molecule has 1 atom stereocenters. The van der Waals surface area contributed by atoms with Gasteiger partial charge in [-0.1, -0.05) is 30.3 Å². The predicted octanol–water partition coefficient (Wildman–Crippen LogP) is 1.03. The van der Waals surface area contributed by atoms with E-state index < -0.39 is 5.66 Å². The zero-order chi connectivity index (χ0) is 11.6. The molecule has 0 amide bonds. The minimum atomic E-state index is -0.676. The van der Waals surface area contributed by atoms with E-state index in [9.17, 15) is 0 Å². The summed E-state index contributed by atoms with van der Waals surface area (Å²) in [4.78, 5) is 16.6. The summed E-state index contributed by atoms with van der Waals surface area (Å²) in [5.41, 5.74) is 0.510. The monoisotopic (exact) mass is 225 g/mol. The minimum Gasteiger partial charge on any atom is -0.278 e. The van der Waals surface area contributed by atoms with Crippen LogP contribution in [0.2, 0.25) is 0 Å². The van der Waals surface area contributed by atoms with Crippen LogP contribution in [0.3, 0.4) is 0 Å². The Kier molecular flexibility index (Phi) is 2.38. The third kappa shape index (κ3) is 1.81. The first-order chi connectivity index (χ1) is 8.39. The van der Waals surface area contributed by atoms with Gasteiger partial charge in [-0.2, -0.15) is 0 Å². The summed E-state index contributed by atoms with van der Waals surface area (Å²) in [7, 11) is 0. The molecule has 0 aliphatic carbocycles. The van der Waals surface area contributed by atoms with E-state index in [2.05, 4.69) is 37.4 Å². The Morgan fingerprint density at radius 3 is 2.88 bits per heavy atom. The van der Waals surface area contributed by atoms with Gasteiger partial charge in [0.1, 0.15) is 12.7 Å². The fourth-order valence-electron chi connectivity index (χ4n) is 1.79. The molecule has 0 spiro atoms. The third-order valence-electron chi connectivity index (χ3n) is 2.70. The molecule has 2 aliphatic heterocycles. The van der Waals surface area contributed by atoms with Crippen molar-refractivity contribution >= 4 is 24.7 Å². The van der Waals surface area contributed by atoms with Gasteiger partial charge in [-0.15, -0.1) is 0 Å². The van der Waals surface area contributed by atoms with Crippen LogP contribution < -0.4 is 5.32 Å². The molecule has 0 saturated heterocycles. The largest absolute Gasteiger partial charge is 0.278 e. The van der Waals surface area contributed by atoms with Gasteiger partial charge in [-0.25, -0.2) is 20.0 Å². The second-order valence-electron chi connectivity index (χ2n) is 3.83. The van der Waals surface area contributed by atoms with E-state index in [1.807, 2.05) is 18.2 Å². The Labute approximate surface area is 98.7 Å². The molecule has 84 valence electrons. The number of hydrogen-bond donors (Lipinski definition) is 1. The lowest BCUT2D eigenvalue weighted by Crippen LogP contribution is -2.50. The Morgan fingerprint density at radius 2 is 2.00 bits per heavy atom. The van der Waals surface area contributed by atoms with Crippen LogP contribution in [0.15, 0.2) is 50.3 Å². The Balaban J connectivity index is 1.77. The maximum absolute atomic E-state index is 4.30. The fourth-order valence-corrected chi connectivity index (χ4v) is 1.79. The second-order valence-corrected chi connectivity index (χ2v) is 3.83. The van der Waals surface area contributed by atoms with E-state index >= 15 is 0 Å². The number of nitrogens with zero attached hydrogens (tertiary/aromatic N) is 4. The molecule has 1 aromatic rings. The highest BCUT2D eigenvalue weighted by atomic mass is 15.3. The lowest BCUT2D eigenvalue weighted by Gasteiger charge is -2.24. The standard InChI is InChI=1S/C12H11N5/c1-2-4-10(5-3-1)6-16-12-7-13-8-14-11(12)15-9-17-12/h1-5,7-9,16H,6H2. The number of amidine groups is 1. The summed E-state index contributed by atoms with van der Waals surface area (Å²) in [6.45, 7) is 0.693. The molecular formula is C12H11N5. The van der Waals surface area contributed by atoms with Crippen LogP contribution in [-0.4, -0.2) is 30.4 Å². The first kappa shape index (κ1) is 10.0. The number of nitrogens with one attached hydrogen (secondary N) is 1. The van der Waals surface area contributed by atoms with E-state index in [4.69, 9.17) is 0 Å². The molecule has 5 heteroatoms. The quantitative estimate of drug-likeness (QED) is 0.820. The van der Waals surface area contributed by atoms with Gasteiger partial charge in [-0.3, -0.25) is 5.32 Å². The molecule has 2 aliphatic rings. The molecule has 0 fully saturated rings. The van der Waals surface area contributed by atoms with Gasteiger partial charge in [0.05, 0.1) is 6.21 Å². The topological polar surface area (TPSA) is 61.5 Å². The van der Waals surface area contributed by atoms with Crippen molar-refractivity contribution in [2.75, 3.05) is 0 Å². The second kappa shape index (κ2) is 4.03. The first-order valence-electron chi connectivity index (χ1n) is 5.37. The van der Waals surface area contributed by atoms with Gasteiger partial charge >= 0.3 is 0 Å². The van der Waals surface area contributed by atoms with Crippen molar-refractivity contribution in [3.8, 4) is 0 Å². The van der Waals surface area contributed by atoms with E-state index in [1.54, 1.807) is 6.21 Å². The maximum Gasteiger partial charge on any atom is 0.209 e. The smallest absolute Gasteiger partial charge is 0.209 e. The summed E-state index contributed by atoms with van der Waals surface area (Å²) in [5.74, 6) is 0.642. The van der Waals surface area contributed by atoms with E-state index in [1.165, 1.54) is 18.2 Å². The molecule has 0 aromatic heterocycles. The lowest BCUT2D eigenvalue weighted by molar-refractivity contribution is 0.574.